The molecule has 0 saturated carbocycles. The van der Waals surface area contributed by atoms with Gasteiger partial charge in [0.15, 0.2) is 0 Å². The van der Waals surface area contributed by atoms with Crippen molar-refractivity contribution in [1.29, 1.82) is 0 Å². The van der Waals surface area contributed by atoms with Crippen molar-refractivity contribution in [2.45, 2.75) is 18.6 Å². The van der Waals surface area contributed by atoms with Gasteiger partial charge in [-0.25, -0.2) is 0 Å². The van der Waals surface area contributed by atoms with Gasteiger partial charge in [0.2, 0.25) is 0 Å². The summed E-state index contributed by atoms with van der Waals surface area (Å²) in [5.41, 5.74) is 0. The Kier molecular flexibility index (Phi) is 2.21. The standard InChI is InChI=1S/C13H14O3/c14-13(15)9-5-3-7-11-12(9)8-4-1-2-6-10(8)16-11/h1-4,6-12H,5H2,(H,14,15). The van der Waals surface area contributed by atoms with Gasteiger partial charge in [-0.3, -0.25) is 4.79 Å². The maximum absolute atomic E-state index is 11.2. The van der Waals surface area contributed by atoms with E-state index in [1.54, 1.807) is 0 Å². The molecule has 0 aromatic rings. The number of allylic oxidation sites excluding steroid dienone is 3. The van der Waals surface area contributed by atoms with Gasteiger partial charge < -0.3 is 9.84 Å². The first-order chi connectivity index (χ1) is 7.77. The molecule has 5 atom stereocenters. The van der Waals surface area contributed by atoms with Crippen LogP contribution in [0.1, 0.15) is 6.42 Å². The molecule has 1 heterocycles. The van der Waals surface area contributed by atoms with E-state index >= 15 is 0 Å². The highest BCUT2D eigenvalue weighted by Gasteiger charge is 2.48. The summed E-state index contributed by atoms with van der Waals surface area (Å²) < 4.78 is 5.86. The number of carbonyl (C=O) groups is 1. The molecule has 3 nitrogen and oxygen atoms in total. The van der Waals surface area contributed by atoms with Crippen molar-refractivity contribution in [3.05, 3.63) is 36.5 Å². The fourth-order valence-electron chi connectivity index (χ4n) is 3.03. The zero-order valence-corrected chi connectivity index (χ0v) is 8.82. The summed E-state index contributed by atoms with van der Waals surface area (Å²) >= 11 is 0. The number of carboxylic acids is 1. The van der Waals surface area contributed by atoms with Crippen molar-refractivity contribution in [1.82, 2.24) is 0 Å². The topological polar surface area (TPSA) is 46.5 Å². The zero-order valence-electron chi connectivity index (χ0n) is 8.82. The molecule has 0 radical (unpaired) electrons. The van der Waals surface area contributed by atoms with E-state index < -0.39 is 5.97 Å². The highest BCUT2D eigenvalue weighted by molar-refractivity contribution is 5.71. The van der Waals surface area contributed by atoms with Crippen LogP contribution in [-0.4, -0.2) is 23.3 Å². The lowest BCUT2D eigenvalue weighted by Gasteiger charge is -2.28. The van der Waals surface area contributed by atoms with E-state index in [-0.39, 0.29) is 30.0 Å². The average Bonchev–Trinajstić information content (AvgIpc) is 2.66. The predicted octanol–water partition coefficient (Wildman–Crippen LogP) is 1.77. The number of fused-ring (bicyclic) bond motifs is 3. The Morgan fingerprint density at radius 1 is 1.19 bits per heavy atom. The highest BCUT2D eigenvalue weighted by atomic mass is 16.5. The van der Waals surface area contributed by atoms with E-state index in [4.69, 9.17) is 4.74 Å². The molecule has 16 heavy (non-hydrogen) atoms. The van der Waals surface area contributed by atoms with Gasteiger partial charge >= 0.3 is 5.97 Å². The average molecular weight is 218 g/mol. The Morgan fingerprint density at radius 2 is 2.00 bits per heavy atom. The van der Waals surface area contributed by atoms with Crippen LogP contribution in [0.4, 0.5) is 0 Å². The van der Waals surface area contributed by atoms with Crippen molar-refractivity contribution >= 4 is 5.97 Å². The van der Waals surface area contributed by atoms with Gasteiger partial charge in [0.25, 0.3) is 0 Å². The fraction of sp³-hybridized carbons (Fsp3) is 0.462. The van der Waals surface area contributed by atoms with E-state index in [2.05, 4.69) is 6.08 Å². The first kappa shape index (κ1) is 9.85. The quantitative estimate of drug-likeness (QED) is 0.682. The molecule has 1 fully saturated rings. The molecule has 3 rings (SSSR count). The van der Waals surface area contributed by atoms with Crippen molar-refractivity contribution in [2.75, 3.05) is 0 Å². The van der Waals surface area contributed by atoms with E-state index in [0.29, 0.717) is 6.42 Å². The third kappa shape index (κ3) is 1.35. The monoisotopic (exact) mass is 218 g/mol. The smallest absolute Gasteiger partial charge is 0.307 e. The minimum atomic E-state index is -0.702. The van der Waals surface area contributed by atoms with Crippen LogP contribution in [0.15, 0.2) is 36.5 Å². The largest absolute Gasteiger partial charge is 0.481 e. The second kappa shape index (κ2) is 3.59. The summed E-state index contributed by atoms with van der Waals surface area (Å²) in [4.78, 5) is 11.2. The van der Waals surface area contributed by atoms with Crippen LogP contribution in [0, 0.1) is 17.8 Å². The van der Waals surface area contributed by atoms with Gasteiger partial charge in [-0.2, -0.15) is 0 Å². The molecule has 0 amide bonds. The Hall–Kier alpha value is -1.35. The van der Waals surface area contributed by atoms with Crippen LogP contribution in [0.2, 0.25) is 0 Å². The van der Waals surface area contributed by atoms with Gasteiger partial charge in [-0.1, -0.05) is 36.5 Å². The number of aliphatic carboxylic acids is 1. The first-order valence-corrected chi connectivity index (χ1v) is 5.67. The van der Waals surface area contributed by atoms with Crippen LogP contribution in [0.3, 0.4) is 0 Å². The molecular weight excluding hydrogens is 204 g/mol. The third-order valence-electron chi connectivity index (χ3n) is 3.76. The molecule has 0 aromatic heterocycles. The van der Waals surface area contributed by atoms with E-state index in [1.807, 2.05) is 30.4 Å². The molecule has 0 bridgehead atoms. The third-order valence-corrected chi connectivity index (χ3v) is 3.76. The summed E-state index contributed by atoms with van der Waals surface area (Å²) in [6.07, 6.45) is 12.7. The molecule has 3 heteroatoms. The van der Waals surface area contributed by atoms with Crippen LogP contribution < -0.4 is 0 Å². The minimum absolute atomic E-state index is 0.0303. The highest BCUT2D eigenvalue weighted by Crippen LogP contribution is 2.44. The summed E-state index contributed by atoms with van der Waals surface area (Å²) in [7, 11) is 0. The van der Waals surface area contributed by atoms with Crippen LogP contribution in [0.25, 0.3) is 0 Å². The van der Waals surface area contributed by atoms with Gasteiger partial charge in [0, 0.05) is 11.8 Å². The van der Waals surface area contributed by atoms with Crippen molar-refractivity contribution < 1.29 is 14.6 Å². The van der Waals surface area contributed by atoms with E-state index in [1.165, 1.54) is 0 Å². The van der Waals surface area contributed by atoms with E-state index in [0.717, 1.165) is 0 Å². The molecule has 84 valence electrons. The van der Waals surface area contributed by atoms with Gasteiger partial charge in [-0.05, 0) is 6.42 Å². The number of hydrogen-bond donors (Lipinski definition) is 1. The normalized spacial score (nSPS) is 44.1. The number of carboxylic acid groups (broad SMARTS) is 1. The Labute approximate surface area is 94.1 Å². The lowest BCUT2D eigenvalue weighted by Crippen LogP contribution is -2.35. The predicted molar refractivity (Wildman–Crippen MR) is 58.8 cm³/mol. The molecule has 1 N–H and O–H groups in total. The van der Waals surface area contributed by atoms with Gasteiger partial charge in [0.05, 0.1) is 18.1 Å². The number of ether oxygens (including phenoxy) is 1. The van der Waals surface area contributed by atoms with Crippen molar-refractivity contribution in [2.24, 2.45) is 17.8 Å². The number of rotatable bonds is 1. The lowest BCUT2D eigenvalue weighted by atomic mass is 9.73. The SMILES string of the molecule is O=C(O)C1CC=CC2OC3C=CC=CC3C21. The Bertz CT molecular complexity index is 394. The van der Waals surface area contributed by atoms with Crippen molar-refractivity contribution in [3.8, 4) is 0 Å². The summed E-state index contributed by atoms with van der Waals surface area (Å²) in [6, 6.07) is 0. The molecular formula is C13H14O3. The van der Waals surface area contributed by atoms with E-state index in [9.17, 15) is 9.90 Å². The number of hydrogen-bond acceptors (Lipinski definition) is 2. The molecule has 1 aliphatic heterocycles. The zero-order chi connectivity index (χ0) is 11.1. The van der Waals surface area contributed by atoms with Crippen LogP contribution in [-0.2, 0) is 9.53 Å². The molecule has 2 aliphatic carbocycles. The molecule has 0 spiro atoms. The molecule has 0 aromatic carbocycles. The van der Waals surface area contributed by atoms with Crippen molar-refractivity contribution in [3.63, 3.8) is 0 Å². The molecule has 5 unspecified atom stereocenters. The maximum atomic E-state index is 11.2. The molecule has 1 saturated heterocycles. The van der Waals surface area contributed by atoms with Crippen LogP contribution >= 0.6 is 0 Å². The maximum Gasteiger partial charge on any atom is 0.307 e. The molecule has 3 aliphatic rings. The summed E-state index contributed by atoms with van der Waals surface area (Å²) in [6.45, 7) is 0. The summed E-state index contributed by atoms with van der Waals surface area (Å²) in [5, 5.41) is 9.24. The first-order valence-electron chi connectivity index (χ1n) is 5.67. The fourth-order valence-corrected chi connectivity index (χ4v) is 3.03. The Balaban J connectivity index is 1.94. The van der Waals surface area contributed by atoms with Gasteiger partial charge in [0.1, 0.15) is 0 Å². The van der Waals surface area contributed by atoms with Crippen LogP contribution in [0.5, 0.6) is 0 Å². The minimum Gasteiger partial charge on any atom is -0.481 e. The second-order valence-electron chi connectivity index (χ2n) is 4.60. The lowest BCUT2D eigenvalue weighted by molar-refractivity contribution is -0.144. The second-order valence-corrected chi connectivity index (χ2v) is 4.60. The van der Waals surface area contributed by atoms with Gasteiger partial charge in [-0.15, -0.1) is 0 Å². The summed E-state index contributed by atoms with van der Waals surface area (Å²) in [5.74, 6) is -0.692. The Morgan fingerprint density at radius 3 is 2.81 bits per heavy atom.